The largest absolute Gasteiger partial charge is 0.399 e. The van der Waals surface area contributed by atoms with Crippen LogP contribution in [0.5, 0.6) is 0 Å². The number of methoxy groups -OCH3 is 1. The summed E-state index contributed by atoms with van der Waals surface area (Å²) < 4.78 is 18.4. The highest BCUT2D eigenvalue weighted by atomic mass is 19.1. The Balaban J connectivity index is 2.74. The summed E-state index contributed by atoms with van der Waals surface area (Å²) in [5.41, 5.74) is 7.04. The van der Waals surface area contributed by atoms with Crippen LogP contribution in [0.1, 0.15) is 25.8 Å². The molecule has 0 fully saturated rings. The van der Waals surface area contributed by atoms with Crippen LogP contribution in [0, 0.1) is 5.82 Å². The number of ether oxygens (including phenoxy) is 1. The van der Waals surface area contributed by atoms with Gasteiger partial charge in [0, 0.05) is 31.9 Å². The van der Waals surface area contributed by atoms with E-state index in [2.05, 4.69) is 18.7 Å². The van der Waals surface area contributed by atoms with Gasteiger partial charge in [-0.1, -0.05) is 6.92 Å². The topological polar surface area (TPSA) is 38.5 Å². The van der Waals surface area contributed by atoms with Crippen LogP contribution in [0.25, 0.3) is 0 Å². The van der Waals surface area contributed by atoms with Gasteiger partial charge in [0.25, 0.3) is 0 Å². The summed E-state index contributed by atoms with van der Waals surface area (Å²) in [5.74, 6) is -0.277. The quantitative estimate of drug-likeness (QED) is 0.760. The number of rotatable bonds is 7. The van der Waals surface area contributed by atoms with E-state index in [0.717, 1.165) is 18.5 Å². The molecule has 0 aromatic heterocycles. The SMILES string of the molecule is CCC(C)N(CCOC)Cc1cc(N)cc(F)c1. The molecule has 1 aromatic rings. The van der Waals surface area contributed by atoms with Gasteiger partial charge in [-0.15, -0.1) is 0 Å². The lowest BCUT2D eigenvalue weighted by Gasteiger charge is -2.28. The van der Waals surface area contributed by atoms with Gasteiger partial charge >= 0.3 is 0 Å². The van der Waals surface area contributed by atoms with E-state index in [1.807, 2.05) is 6.07 Å². The summed E-state index contributed by atoms with van der Waals surface area (Å²) in [6.45, 7) is 6.51. The van der Waals surface area contributed by atoms with Crippen LogP contribution in [0.2, 0.25) is 0 Å². The van der Waals surface area contributed by atoms with E-state index < -0.39 is 0 Å². The molecule has 1 unspecified atom stereocenters. The third-order valence-electron chi connectivity index (χ3n) is 3.16. The van der Waals surface area contributed by atoms with E-state index in [4.69, 9.17) is 10.5 Å². The van der Waals surface area contributed by atoms with Gasteiger partial charge in [-0.3, -0.25) is 4.90 Å². The minimum absolute atomic E-state index is 0.277. The summed E-state index contributed by atoms with van der Waals surface area (Å²) in [7, 11) is 1.69. The highest BCUT2D eigenvalue weighted by molar-refractivity contribution is 5.41. The first-order chi connectivity index (χ1) is 8.56. The Kier molecular flexibility index (Phi) is 6.09. The minimum atomic E-state index is -0.277. The van der Waals surface area contributed by atoms with Gasteiger partial charge in [-0.05, 0) is 37.1 Å². The lowest BCUT2D eigenvalue weighted by Crippen LogP contribution is -2.34. The summed E-state index contributed by atoms with van der Waals surface area (Å²) in [5, 5.41) is 0. The van der Waals surface area contributed by atoms with E-state index in [1.165, 1.54) is 6.07 Å². The molecule has 0 saturated heterocycles. The van der Waals surface area contributed by atoms with Gasteiger partial charge in [-0.25, -0.2) is 4.39 Å². The third-order valence-corrected chi connectivity index (χ3v) is 3.16. The number of nitrogens with two attached hydrogens (primary N) is 1. The first-order valence-electron chi connectivity index (χ1n) is 6.34. The van der Waals surface area contributed by atoms with Crippen LogP contribution in [0.4, 0.5) is 10.1 Å². The predicted molar refractivity (Wildman–Crippen MR) is 72.9 cm³/mol. The molecule has 18 heavy (non-hydrogen) atoms. The van der Waals surface area contributed by atoms with Crippen molar-refractivity contribution in [3.63, 3.8) is 0 Å². The molecule has 0 saturated carbocycles. The van der Waals surface area contributed by atoms with Crippen molar-refractivity contribution in [3.05, 3.63) is 29.6 Å². The minimum Gasteiger partial charge on any atom is -0.399 e. The van der Waals surface area contributed by atoms with E-state index in [0.29, 0.717) is 24.9 Å². The summed E-state index contributed by atoms with van der Waals surface area (Å²) >= 11 is 0. The summed E-state index contributed by atoms with van der Waals surface area (Å²) in [6.07, 6.45) is 1.05. The summed E-state index contributed by atoms with van der Waals surface area (Å²) in [6, 6.07) is 5.14. The van der Waals surface area contributed by atoms with Crippen molar-refractivity contribution >= 4 is 5.69 Å². The second-order valence-electron chi connectivity index (χ2n) is 4.61. The zero-order chi connectivity index (χ0) is 13.5. The van der Waals surface area contributed by atoms with Crippen molar-refractivity contribution < 1.29 is 9.13 Å². The normalized spacial score (nSPS) is 12.9. The Morgan fingerprint density at radius 2 is 2.11 bits per heavy atom. The van der Waals surface area contributed by atoms with Gasteiger partial charge in [0.05, 0.1) is 6.61 Å². The molecule has 0 aliphatic carbocycles. The Hall–Kier alpha value is -1.13. The molecule has 3 nitrogen and oxygen atoms in total. The van der Waals surface area contributed by atoms with Gasteiger partial charge in [0.15, 0.2) is 0 Å². The fourth-order valence-electron chi connectivity index (χ4n) is 1.92. The number of hydrogen-bond donors (Lipinski definition) is 1. The van der Waals surface area contributed by atoms with Gasteiger partial charge in [0.1, 0.15) is 5.82 Å². The molecular formula is C14H23FN2O. The number of halogens is 1. The van der Waals surface area contributed by atoms with Gasteiger partial charge < -0.3 is 10.5 Å². The first-order valence-corrected chi connectivity index (χ1v) is 6.34. The molecule has 1 aromatic carbocycles. The molecule has 2 N–H and O–H groups in total. The molecule has 0 aliphatic heterocycles. The highest BCUT2D eigenvalue weighted by Gasteiger charge is 2.13. The molecule has 0 radical (unpaired) electrons. The first kappa shape index (κ1) is 14.9. The number of benzene rings is 1. The Bertz CT molecular complexity index is 351. The van der Waals surface area contributed by atoms with E-state index in [9.17, 15) is 4.39 Å². The Morgan fingerprint density at radius 1 is 1.39 bits per heavy atom. The zero-order valence-electron chi connectivity index (χ0n) is 11.4. The average molecular weight is 254 g/mol. The van der Waals surface area contributed by atoms with Crippen molar-refractivity contribution in [2.24, 2.45) is 0 Å². The fraction of sp³-hybridized carbons (Fsp3) is 0.571. The standard InChI is InChI=1S/C14H23FN2O/c1-4-11(2)17(5-6-18-3)10-12-7-13(15)9-14(16)8-12/h7-9,11H,4-6,10,16H2,1-3H3. The number of nitrogen functional groups attached to an aromatic ring is 1. The second kappa shape index (κ2) is 7.34. The molecule has 102 valence electrons. The van der Waals surface area contributed by atoms with Crippen LogP contribution >= 0.6 is 0 Å². The molecule has 0 aliphatic rings. The fourth-order valence-corrected chi connectivity index (χ4v) is 1.92. The van der Waals surface area contributed by atoms with E-state index in [-0.39, 0.29) is 5.82 Å². The third kappa shape index (κ3) is 4.63. The van der Waals surface area contributed by atoms with Crippen LogP contribution < -0.4 is 5.73 Å². The van der Waals surface area contributed by atoms with E-state index >= 15 is 0 Å². The lowest BCUT2D eigenvalue weighted by molar-refractivity contribution is 0.118. The van der Waals surface area contributed by atoms with Crippen molar-refractivity contribution in [2.45, 2.75) is 32.9 Å². The molecule has 0 bridgehead atoms. The maximum atomic E-state index is 13.3. The molecular weight excluding hydrogens is 231 g/mol. The van der Waals surface area contributed by atoms with Crippen LogP contribution in [-0.4, -0.2) is 31.2 Å². The maximum absolute atomic E-state index is 13.3. The highest BCUT2D eigenvalue weighted by Crippen LogP contribution is 2.15. The lowest BCUT2D eigenvalue weighted by atomic mass is 10.1. The predicted octanol–water partition coefficient (Wildman–Crippen LogP) is 2.65. The number of hydrogen-bond acceptors (Lipinski definition) is 3. The molecule has 0 amide bonds. The maximum Gasteiger partial charge on any atom is 0.125 e. The molecule has 4 heteroatoms. The monoisotopic (exact) mass is 254 g/mol. The van der Waals surface area contributed by atoms with Crippen LogP contribution in [-0.2, 0) is 11.3 Å². The average Bonchev–Trinajstić information content (AvgIpc) is 2.32. The number of anilines is 1. The van der Waals surface area contributed by atoms with Crippen LogP contribution in [0.15, 0.2) is 18.2 Å². The molecule has 1 atom stereocenters. The second-order valence-corrected chi connectivity index (χ2v) is 4.61. The molecule has 1 rings (SSSR count). The zero-order valence-corrected chi connectivity index (χ0v) is 11.4. The number of nitrogens with zero attached hydrogens (tertiary/aromatic N) is 1. The molecule has 0 spiro atoms. The van der Waals surface area contributed by atoms with Crippen molar-refractivity contribution in [1.29, 1.82) is 0 Å². The Morgan fingerprint density at radius 3 is 2.67 bits per heavy atom. The van der Waals surface area contributed by atoms with Crippen molar-refractivity contribution in [2.75, 3.05) is 26.0 Å². The smallest absolute Gasteiger partial charge is 0.125 e. The van der Waals surface area contributed by atoms with Gasteiger partial charge in [-0.2, -0.15) is 0 Å². The van der Waals surface area contributed by atoms with E-state index in [1.54, 1.807) is 13.2 Å². The molecule has 0 heterocycles. The van der Waals surface area contributed by atoms with Crippen molar-refractivity contribution in [1.82, 2.24) is 4.90 Å². The van der Waals surface area contributed by atoms with Gasteiger partial charge in [0.2, 0.25) is 0 Å². The Labute approximate surface area is 109 Å². The van der Waals surface area contributed by atoms with Crippen LogP contribution in [0.3, 0.4) is 0 Å². The summed E-state index contributed by atoms with van der Waals surface area (Å²) in [4.78, 5) is 2.28. The van der Waals surface area contributed by atoms with Crippen molar-refractivity contribution in [3.8, 4) is 0 Å².